The van der Waals surface area contributed by atoms with Gasteiger partial charge in [0.25, 0.3) is 5.76 Å². The van der Waals surface area contributed by atoms with Crippen LogP contribution >= 0.6 is 11.3 Å². The van der Waals surface area contributed by atoms with Crippen LogP contribution in [0.1, 0.15) is 16.2 Å². The van der Waals surface area contributed by atoms with Crippen molar-refractivity contribution in [2.45, 2.75) is 19.1 Å². The van der Waals surface area contributed by atoms with Crippen LogP contribution in [0.2, 0.25) is 0 Å². The van der Waals surface area contributed by atoms with E-state index in [1.165, 1.54) is 30.2 Å². The van der Waals surface area contributed by atoms with Gasteiger partial charge in [-0.05, 0) is 42.1 Å². The maximum absolute atomic E-state index is 14.0. The van der Waals surface area contributed by atoms with E-state index in [-0.39, 0.29) is 30.0 Å². The molecule has 35 heavy (non-hydrogen) atoms. The van der Waals surface area contributed by atoms with Crippen LogP contribution in [0, 0.1) is 0 Å². The fraction of sp³-hybridized carbons (Fsp3) is 0.240. The van der Waals surface area contributed by atoms with E-state index in [9.17, 15) is 18.0 Å². The Morgan fingerprint density at radius 1 is 1.11 bits per heavy atom. The van der Waals surface area contributed by atoms with Gasteiger partial charge in [-0.1, -0.05) is 12.1 Å². The number of fused-ring (bicyclic) bond motifs is 3. The number of rotatable bonds is 6. The molecule has 2 aromatic carbocycles. The van der Waals surface area contributed by atoms with Crippen LogP contribution < -0.4 is 19.6 Å². The average molecular weight is 503 g/mol. The number of thiophene rings is 1. The highest BCUT2D eigenvalue weighted by Crippen LogP contribution is 2.41. The summed E-state index contributed by atoms with van der Waals surface area (Å²) >= 11 is 1.64. The van der Waals surface area contributed by atoms with Gasteiger partial charge in [0.2, 0.25) is 11.2 Å². The third-order valence-electron chi connectivity index (χ3n) is 5.64. The number of hydrogen-bond donors (Lipinski definition) is 0. The van der Waals surface area contributed by atoms with Crippen LogP contribution in [0.5, 0.6) is 23.0 Å². The lowest BCUT2D eigenvalue weighted by atomic mass is 10.1. The fourth-order valence-electron chi connectivity index (χ4n) is 3.92. The standard InChI is InChI=1S/C25H20F3NO5S/c1-31-15-4-2-5-16(12-15)33-23-21(30)18-7-8-20-19(22(18)34-24(23)25(26,27)28)13-29(14-32-20)10-9-17-6-3-11-35-17/h2-8,11-12H,9-10,13-14H2,1H3. The van der Waals surface area contributed by atoms with Crippen LogP contribution in [0.25, 0.3) is 11.0 Å². The van der Waals surface area contributed by atoms with E-state index in [2.05, 4.69) is 0 Å². The lowest BCUT2D eigenvalue weighted by Crippen LogP contribution is -2.33. The van der Waals surface area contributed by atoms with Gasteiger partial charge in [-0.25, -0.2) is 0 Å². The molecule has 0 saturated carbocycles. The molecule has 3 heterocycles. The Bertz CT molecular complexity index is 1420. The van der Waals surface area contributed by atoms with Gasteiger partial charge in [0, 0.05) is 24.0 Å². The van der Waals surface area contributed by atoms with Crippen molar-refractivity contribution in [3.63, 3.8) is 0 Å². The maximum atomic E-state index is 14.0. The Kier molecular flexibility index (Phi) is 6.16. The summed E-state index contributed by atoms with van der Waals surface area (Å²) in [6.45, 7) is 1.22. The minimum absolute atomic E-state index is 0.0154. The van der Waals surface area contributed by atoms with Gasteiger partial charge in [-0.2, -0.15) is 13.2 Å². The molecule has 0 amide bonds. The predicted octanol–water partition coefficient (Wildman–Crippen LogP) is 6.07. The molecule has 0 fully saturated rings. The first-order chi connectivity index (χ1) is 16.8. The molecule has 0 radical (unpaired) electrons. The maximum Gasteiger partial charge on any atom is 0.453 e. The summed E-state index contributed by atoms with van der Waals surface area (Å²) in [6.07, 6.45) is -4.18. The highest BCUT2D eigenvalue weighted by atomic mass is 32.1. The Morgan fingerprint density at radius 3 is 2.69 bits per heavy atom. The van der Waals surface area contributed by atoms with Gasteiger partial charge < -0.3 is 18.6 Å². The lowest BCUT2D eigenvalue weighted by Gasteiger charge is -2.29. The molecule has 0 spiro atoms. The van der Waals surface area contributed by atoms with Crippen LogP contribution in [0.15, 0.2) is 63.1 Å². The molecule has 0 bridgehead atoms. The molecule has 1 aliphatic heterocycles. The monoisotopic (exact) mass is 503 g/mol. The quantitative estimate of drug-likeness (QED) is 0.318. The number of hydrogen-bond acceptors (Lipinski definition) is 7. The van der Waals surface area contributed by atoms with Gasteiger partial charge >= 0.3 is 6.18 Å². The van der Waals surface area contributed by atoms with Gasteiger partial charge in [0.1, 0.15) is 29.6 Å². The number of nitrogens with zero attached hydrogens (tertiary/aromatic N) is 1. The minimum atomic E-state index is -4.96. The van der Waals surface area contributed by atoms with Crippen molar-refractivity contribution in [1.29, 1.82) is 0 Å². The SMILES string of the molecule is COc1cccc(Oc2c(C(F)(F)F)oc3c4c(ccc3c2=O)OCN(CCc2cccs2)C4)c1. The molecule has 2 aromatic heterocycles. The third-order valence-corrected chi connectivity index (χ3v) is 6.57. The van der Waals surface area contributed by atoms with Crippen molar-refractivity contribution in [1.82, 2.24) is 4.90 Å². The smallest absolute Gasteiger partial charge is 0.453 e. The highest BCUT2D eigenvalue weighted by Gasteiger charge is 2.41. The Labute approximate surface area is 202 Å². The Balaban J connectivity index is 1.55. The normalized spacial score (nSPS) is 13.9. The third kappa shape index (κ3) is 4.71. The Hall–Kier alpha value is -3.50. The molecule has 0 aliphatic carbocycles. The van der Waals surface area contributed by atoms with Gasteiger partial charge in [0.15, 0.2) is 0 Å². The first-order valence-corrected chi connectivity index (χ1v) is 11.6. The van der Waals surface area contributed by atoms with Crippen LogP contribution in [-0.4, -0.2) is 25.3 Å². The molecule has 10 heteroatoms. The number of ether oxygens (including phenoxy) is 3. The van der Waals surface area contributed by atoms with Crippen molar-refractivity contribution in [2.75, 3.05) is 20.4 Å². The van der Waals surface area contributed by atoms with Crippen molar-refractivity contribution in [3.05, 3.63) is 80.3 Å². The predicted molar refractivity (Wildman–Crippen MR) is 124 cm³/mol. The van der Waals surface area contributed by atoms with E-state index in [0.717, 1.165) is 6.42 Å². The molecule has 182 valence electrons. The van der Waals surface area contributed by atoms with Crippen molar-refractivity contribution in [2.24, 2.45) is 0 Å². The van der Waals surface area contributed by atoms with E-state index >= 15 is 0 Å². The van der Waals surface area contributed by atoms with Crippen molar-refractivity contribution in [3.8, 4) is 23.0 Å². The number of benzene rings is 2. The first kappa shape index (κ1) is 23.3. The summed E-state index contributed by atoms with van der Waals surface area (Å²) in [4.78, 5) is 16.4. The molecule has 0 atom stereocenters. The van der Waals surface area contributed by atoms with Crippen molar-refractivity contribution >= 4 is 22.3 Å². The minimum Gasteiger partial charge on any atom is -0.497 e. The average Bonchev–Trinajstić information content (AvgIpc) is 3.37. The van der Waals surface area contributed by atoms with E-state index in [1.54, 1.807) is 29.5 Å². The van der Waals surface area contributed by atoms with Gasteiger partial charge in [-0.15, -0.1) is 11.3 Å². The van der Waals surface area contributed by atoms with E-state index < -0.39 is 23.1 Å². The van der Waals surface area contributed by atoms with Gasteiger partial charge in [0.05, 0.1) is 18.1 Å². The summed E-state index contributed by atoms with van der Waals surface area (Å²) in [5.41, 5.74) is -0.672. The summed E-state index contributed by atoms with van der Waals surface area (Å²) in [5.74, 6) is -1.65. The summed E-state index contributed by atoms with van der Waals surface area (Å²) in [5, 5.41) is 1.97. The molecule has 1 aliphatic rings. The lowest BCUT2D eigenvalue weighted by molar-refractivity contribution is -0.154. The molecule has 0 N–H and O–H groups in total. The molecule has 5 rings (SSSR count). The molecule has 0 unspecified atom stereocenters. The van der Waals surface area contributed by atoms with Crippen molar-refractivity contribution < 1.29 is 31.8 Å². The van der Waals surface area contributed by atoms with E-state index in [0.29, 0.717) is 23.6 Å². The largest absolute Gasteiger partial charge is 0.497 e. The topological polar surface area (TPSA) is 61.1 Å². The summed E-state index contributed by atoms with van der Waals surface area (Å²) in [7, 11) is 1.42. The number of halogens is 3. The zero-order valence-electron chi connectivity index (χ0n) is 18.6. The van der Waals surface area contributed by atoms with Crippen LogP contribution in [0.4, 0.5) is 13.2 Å². The second kappa shape index (κ2) is 9.27. The number of methoxy groups -OCH3 is 1. The zero-order valence-corrected chi connectivity index (χ0v) is 19.4. The second-order valence-corrected chi connectivity index (χ2v) is 8.97. The molecular weight excluding hydrogens is 483 g/mol. The number of alkyl halides is 3. The van der Waals surface area contributed by atoms with E-state index in [1.807, 2.05) is 22.4 Å². The summed E-state index contributed by atoms with van der Waals surface area (Å²) in [6, 6.07) is 12.9. The molecule has 0 saturated heterocycles. The van der Waals surface area contributed by atoms with Crippen LogP contribution in [0.3, 0.4) is 0 Å². The highest BCUT2D eigenvalue weighted by molar-refractivity contribution is 7.09. The molecular formula is C25H20F3NO5S. The second-order valence-electron chi connectivity index (χ2n) is 7.94. The zero-order chi connectivity index (χ0) is 24.6. The summed E-state index contributed by atoms with van der Waals surface area (Å²) < 4.78 is 63.7. The molecule has 6 nitrogen and oxygen atoms in total. The van der Waals surface area contributed by atoms with E-state index in [4.69, 9.17) is 18.6 Å². The Morgan fingerprint density at radius 2 is 1.94 bits per heavy atom. The molecule has 4 aromatic rings. The first-order valence-electron chi connectivity index (χ1n) is 10.7. The van der Waals surface area contributed by atoms with Crippen LogP contribution in [-0.2, 0) is 19.1 Å². The van der Waals surface area contributed by atoms with Gasteiger partial charge in [-0.3, -0.25) is 9.69 Å². The fourth-order valence-corrected chi connectivity index (χ4v) is 4.62.